The molecule has 0 saturated heterocycles. The SMILES string of the molecule is COc1c(Br)cc(Cl)cc1C(N)C1CCCCCCC1. The molecule has 20 heavy (non-hydrogen) atoms. The molecule has 0 aliphatic heterocycles. The van der Waals surface area contributed by atoms with Crippen molar-refractivity contribution in [2.75, 3.05) is 7.11 Å². The Labute approximate surface area is 135 Å². The van der Waals surface area contributed by atoms with Crippen LogP contribution in [-0.4, -0.2) is 7.11 Å². The number of nitrogens with two attached hydrogens (primary N) is 1. The highest BCUT2D eigenvalue weighted by atomic mass is 79.9. The molecule has 112 valence electrons. The van der Waals surface area contributed by atoms with Gasteiger partial charge in [0, 0.05) is 16.6 Å². The second-order valence-corrected chi connectivity index (χ2v) is 6.93. The monoisotopic (exact) mass is 359 g/mol. The smallest absolute Gasteiger partial charge is 0.137 e. The van der Waals surface area contributed by atoms with E-state index in [0.717, 1.165) is 15.8 Å². The minimum Gasteiger partial charge on any atom is -0.495 e. The Hall–Kier alpha value is -0.250. The van der Waals surface area contributed by atoms with Crippen LogP contribution >= 0.6 is 27.5 Å². The van der Waals surface area contributed by atoms with E-state index in [9.17, 15) is 0 Å². The van der Waals surface area contributed by atoms with Crippen molar-refractivity contribution in [3.63, 3.8) is 0 Å². The lowest BCUT2D eigenvalue weighted by Crippen LogP contribution is -2.23. The number of hydrogen-bond acceptors (Lipinski definition) is 2. The van der Waals surface area contributed by atoms with Gasteiger partial charge >= 0.3 is 0 Å². The molecule has 0 bridgehead atoms. The molecule has 1 aromatic rings. The molecular formula is C16H23BrClNO. The van der Waals surface area contributed by atoms with E-state index in [1.165, 1.54) is 44.9 Å². The summed E-state index contributed by atoms with van der Waals surface area (Å²) in [4.78, 5) is 0. The lowest BCUT2D eigenvalue weighted by Gasteiger charge is -2.27. The number of ether oxygens (including phenoxy) is 1. The minimum atomic E-state index is -0.00181. The predicted molar refractivity (Wildman–Crippen MR) is 88.4 cm³/mol. The van der Waals surface area contributed by atoms with Crippen LogP contribution in [0.4, 0.5) is 0 Å². The molecule has 1 aliphatic rings. The molecule has 0 amide bonds. The maximum absolute atomic E-state index is 6.54. The maximum Gasteiger partial charge on any atom is 0.137 e. The van der Waals surface area contributed by atoms with E-state index in [0.29, 0.717) is 10.9 Å². The fourth-order valence-electron chi connectivity index (χ4n) is 3.14. The second kappa shape index (κ2) is 7.67. The summed E-state index contributed by atoms with van der Waals surface area (Å²) in [5, 5.41) is 0.703. The van der Waals surface area contributed by atoms with Crippen LogP contribution in [0.2, 0.25) is 5.02 Å². The molecule has 1 aromatic carbocycles. The van der Waals surface area contributed by atoms with E-state index in [4.69, 9.17) is 22.1 Å². The normalized spacial score (nSPS) is 19.2. The highest BCUT2D eigenvalue weighted by Crippen LogP contribution is 2.40. The third-order valence-electron chi connectivity index (χ3n) is 4.26. The van der Waals surface area contributed by atoms with Gasteiger partial charge in [-0.15, -0.1) is 0 Å². The lowest BCUT2D eigenvalue weighted by molar-refractivity contribution is 0.318. The average Bonchev–Trinajstić information content (AvgIpc) is 2.36. The first kappa shape index (κ1) is 16.1. The lowest BCUT2D eigenvalue weighted by atomic mass is 9.83. The number of benzene rings is 1. The van der Waals surface area contributed by atoms with Gasteiger partial charge in [0.2, 0.25) is 0 Å². The maximum atomic E-state index is 6.54. The molecule has 1 atom stereocenters. The largest absolute Gasteiger partial charge is 0.495 e. The molecule has 2 rings (SSSR count). The minimum absolute atomic E-state index is 0.00181. The van der Waals surface area contributed by atoms with Gasteiger partial charge in [0.05, 0.1) is 11.6 Å². The van der Waals surface area contributed by atoms with Crippen LogP contribution in [0.25, 0.3) is 0 Å². The van der Waals surface area contributed by atoms with Crippen molar-refractivity contribution in [2.45, 2.75) is 51.0 Å². The van der Waals surface area contributed by atoms with Crippen molar-refractivity contribution >= 4 is 27.5 Å². The van der Waals surface area contributed by atoms with Gasteiger partial charge in [0.1, 0.15) is 5.75 Å². The Bertz CT molecular complexity index is 444. The number of methoxy groups -OCH3 is 1. The van der Waals surface area contributed by atoms with Gasteiger partial charge in [0.25, 0.3) is 0 Å². The average molecular weight is 361 g/mol. The molecule has 1 unspecified atom stereocenters. The van der Waals surface area contributed by atoms with Crippen LogP contribution in [0.5, 0.6) is 5.75 Å². The van der Waals surface area contributed by atoms with E-state index < -0.39 is 0 Å². The van der Waals surface area contributed by atoms with Crippen LogP contribution in [0, 0.1) is 5.92 Å². The first-order valence-electron chi connectivity index (χ1n) is 7.42. The number of rotatable bonds is 3. The number of hydrogen-bond donors (Lipinski definition) is 1. The summed E-state index contributed by atoms with van der Waals surface area (Å²) >= 11 is 9.69. The standard InChI is InChI=1S/C16H23BrClNO/c1-20-16-13(9-12(18)10-14(16)17)15(19)11-7-5-3-2-4-6-8-11/h9-11,15H,2-8,19H2,1H3. The molecule has 2 N–H and O–H groups in total. The topological polar surface area (TPSA) is 35.2 Å². The summed E-state index contributed by atoms with van der Waals surface area (Å²) in [6, 6.07) is 3.81. The van der Waals surface area contributed by atoms with Crippen molar-refractivity contribution in [3.05, 3.63) is 27.2 Å². The summed E-state index contributed by atoms with van der Waals surface area (Å²) in [5.41, 5.74) is 7.57. The molecule has 1 aliphatic carbocycles. The predicted octanol–water partition coefficient (Wildman–Crippen LogP) is 5.47. The summed E-state index contributed by atoms with van der Waals surface area (Å²) < 4.78 is 6.39. The van der Waals surface area contributed by atoms with Crippen molar-refractivity contribution in [1.29, 1.82) is 0 Å². The van der Waals surface area contributed by atoms with E-state index >= 15 is 0 Å². The summed E-state index contributed by atoms with van der Waals surface area (Å²) in [6.07, 6.45) is 9.00. The third-order valence-corrected chi connectivity index (χ3v) is 5.07. The highest BCUT2D eigenvalue weighted by Gasteiger charge is 2.24. The zero-order valence-corrected chi connectivity index (χ0v) is 14.3. The molecule has 0 spiro atoms. The van der Waals surface area contributed by atoms with Crippen LogP contribution in [-0.2, 0) is 0 Å². The van der Waals surface area contributed by atoms with E-state index in [-0.39, 0.29) is 6.04 Å². The summed E-state index contributed by atoms with van der Waals surface area (Å²) in [7, 11) is 1.68. The Morgan fingerprint density at radius 1 is 1.20 bits per heavy atom. The van der Waals surface area contributed by atoms with Crippen molar-refractivity contribution in [2.24, 2.45) is 11.7 Å². The van der Waals surface area contributed by atoms with Gasteiger partial charge in [-0.25, -0.2) is 0 Å². The molecule has 0 radical (unpaired) electrons. The first-order valence-corrected chi connectivity index (χ1v) is 8.59. The molecule has 0 aromatic heterocycles. The van der Waals surface area contributed by atoms with Crippen LogP contribution < -0.4 is 10.5 Å². The summed E-state index contributed by atoms with van der Waals surface area (Å²) in [6.45, 7) is 0. The zero-order valence-electron chi connectivity index (χ0n) is 12.0. The van der Waals surface area contributed by atoms with E-state index in [2.05, 4.69) is 15.9 Å². The van der Waals surface area contributed by atoms with Crippen molar-refractivity contribution < 1.29 is 4.74 Å². The third kappa shape index (κ3) is 3.90. The Morgan fingerprint density at radius 3 is 2.40 bits per heavy atom. The van der Waals surface area contributed by atoms with Gasteiger partial charge in [0.15, 0.2) is 0 Å². The van der Waals surface area contributed by atoms with Gasteiger partial charge in [-0.3, -0.25) is 0 Å². The van der Waals surface area contributed by atoms with Gasteiger partial charge in [-0.2, -0.15) is 0 Å². The van der Waals surface area contributed by atoms with Gasteiger partial charge < -0.3 is 10.5 Å². The molecule has 0 heterocycles. The fourth-order valence-corrected chi connectivity index (χ4v) is 4.14. The fraction of sp³-hybridized carbons (Fsp3) is 0.625. The molecular weight excluding hydrogens is 338 g/mol. The van der Waals surface area contributed by atoms with E-state index in [1.807, 2.05) is 12.1 Å². The van der Waals surface area contributed by atoms with Crippen LogP contribution in [0.15, 0.2) is 16.6 Å². The molecule has 1 saturated carbocycles. The Kier molecular flexibility index (Phi) is 6.19. The zero-order chi connectivity index (χ0) is 14.5. The molecule has 4 heteroatoms. The Morgan fingerprint density at radius 2 is 1.80 bits per heavy atom. The van der Waals surface area contributed by atoms with Crippen LogP contribution in [0.3, 0.4) is 0 Å². The van der Waals surface area contributed by atoms with E-state index in [1.54, 1.807) is 7.11 Å². The van der Waals surface area contributed by atoms with Gasteiger partial charge in [-0.05, 0) is 46.8 Å². The first-order chi connectivity index (χ1) is 9.63. The second-order valence-electron chi connectivity index (χ2n) is 5.64. The van der Waals surface area contributed by atoms with Gasteiger partial charge in [-0.1, -0.05) is 43.7 Å². The molecule has 1 fully saturated rings. The molecule has 2 nitrogen and oxygen atoms in total. The number of halogens is 2. The van der Waals surface area contributed by atoms with Crippen molar-refractivity contribution in [1.82, 2.24) is 0 Å². The Balaban J connectivity index is 2.24. The van der Waals surface area contributed by atoms with Crippen LogP contribution in [0.1, 0.15) is 56.6 Å². The highest BCUT2D eigenvalue weighted by molar-refractivity contribution is 9.10. The quantitative estimate of drug-likeness (QED) is 0.775. The summed E-state index contributed by atoms with van der Waals surface area (Å²) in [5.74, 6) is 1.35. The van der Waals surface area contributed by atoms with Crippen molar-refractivity contribution in [3.8, 4) is 5.75 Å².